The highest BCUT2D eigenvalue weighted by Gasteiger charge is 2.16. The van der Waals surface area contributed by atoms with E-state index in [2.05, 4.69) is 21.8 Å². The summed E-state index contributed by atoms with van der Waals surface area (Å²) in [5, 5.41) is 8.86. The molecule has 0 amide bonds. The van der Waals surface area contributed by atoms with Crippen molar-refractivity contribution in [1.82, 2.24) is 9.97 Å². The molecule has 0 saturated carbocycles. The third-order valence-electron chi connectivity index (χ3n) is 2.96. The number of aliphatic hydroxyl groups is 1. The molecular weight excluding hydrogens is 190 g/mol. The summed E-state index contributed by atoms with van der Waals surface area (Å²) < 4.78 is 0. The Labute approximate surface area is 90.0 Å². The van der Waals surface area contributed by atoms with Crippen LogP contribution in [0.5, 0.6) is 0 Å². The summed E-state index contributed by atoms with van der Waals surface area (Å²) in [6.45, 7) is 4.38. The number of aliphatic hydroxyl groups excluding tert-OH is 1. The van der Waals surface area contributed by atoms with Crippen LogP contribution in [0.3, 0.4) is 0 Å². The standard InChI is InChI=1S/C11H17N3O/c1-9-2-4-14(5-3-9)11-7-12-10(8-15)6-13-11/h6-7,9,15H,2-5,8H2,1H3. The second kappa shape index (κ2) is 4.57. The van der Waals surface area contributed by atoms with E-state index >= 15 is 0 Å². The van der Waals surface area contributed by atoms with Gasteiger partial charge in [-0.25, -0.2) is 4.98 Å². The smallest absolute Gasteiger partial charge is 0.147 e. The molecule has 1 saturated heterocycles. The minimum absolute atomic E-state index is 0.0374. The number of nitrogens with zero attached hydrogens (tertiary/aromatic N) is 3. The van der Waals surface area contributed by atoms with Crippen molar-refractivity contribution < 1.29 is 5.11 Å². The third-order valence-corrected chi connectivity index (χ3v) is 2.96. The van der Waals surface area contributed by atoms with Crippen molar-refractivity contribution in [2.24, 2.45) is 5.92 Å². The Morgan fingerprint density at radius 1 is 1.33 bits per heavy atom. The lowest BCUT2D eigenvalue weighted by Gasteiger charge is -2.30. The van der Waals surface area contributed by atoms with Crippen molar-refractivity contribution >= 4 is 5.82 Å². The highest BCUT2D eigenvalue weighted by atomic mass is 16.3. The second-order valence-electron chi connectivity index (χ2n) is 4.19. The Bertz CT molecular complexity index is 304. The maximum atomic E-state index is 8.86. The highest BCUT2D eigenvalue weighted by molar-refractivity contribution is 5.36. The molecule has 1 aromatic rings. The van der Waals surface area contributed by atoms with Gasteiger partial charge in [-0.1, -0.05) is 6.92 Å². The van der Waals surface area contributed by atoms with Crippen LogP contribution in [-0.4, -0.2) is 28.2 Å². The van der Waals surface area contributed by atoms with E-state index in [1.165, 1.54) is 12.8 Å². The van der Waals surface area contributed by atoms with E-state index in [-0.39, 0.29) is 6.61 Å². The van der Waals surface area contributed by atoms with Crippen LogP contribution in [0.25, 0.3) is 0 Å². The summed E-state index contributed by atoms with van der Waals surface area (Å²) in [5.74, 6) is 1.75. The van der Waals surface area contributed by atoms with Gasteiger partial charge in [0.2, 0.25) is 0 Å². The van der Waals surface area contributed by atoms with Gasteiger partial charge in [-0.05, 0) is 18.8 Å². The lowest BCUT2D eigenvalue weighted by molar-refractivity contribution is 0.276. The summed E-state index contributed by atoms with van der Waals surface area (Å²) in [6.07, 6.45) is 5.85. The van der Waals surface area contributed by atoms with E-state index in [1.807, 2.05) is 0 Å². The van der Waals surface area contributed by atoms with Gasteiger partial charge in [0.25, 0.3) is 0 Å². The SMILES string of the molecule is CC1CCN(c2cnc(CO)cn2)CC1. The number of anilines is 1. The molecular formula is C11H17N3O. The quantitative estimate of drug-likeness (QED) is 0.791. The van der Waals surface area contributed by atoms with Crippen LogP contribution in [0.15, 0.2) is 12.4 Å². The zero-order chi connectivity index (χ0) is 10.7. The van der Waals surface area contributed by atoms with Crippen molar-refractivity contribution in [3.8, 4) is 0 Å². The molecule has 4 heteroatoms. The molecule has 0 unspecified atom stereocenters. The number of piperidine rings is 1. The van der Waals surface area contributed by atoms with E-state index in [1.54, 1.807) is 12.4 Å². The first-order chi connectivity index (χ1) is 7.29. The summed E-state index contributed by atoms with van der Waals surface area (Å²) >= 11 is 0. The Morgan fingerprint density at radius 2 is 2.07 bits per heavy atom. The Hall–Kier alpha value is -1.16. The molecule has 1 aliphatic rings. The van der Waals surface area contributed by atoms with Crippen molar-refractivity contribution in [1.29, 1.82) is 0 Å². The lowest BCUT2D eigenvalue weighted by Crippen LogP contribution is -2.33. The summed E-state index contributed by atoms with van der Waals surface area (Å²) in [4.78, 5) is 10.7. The molecule has 0 atom stereocenters. The van der Waals surface area contributed by atoms with Gasteiger partial charge in [0.15, 0.2) is 0 Å². The van der Waals surface area contributed by atoms with E-state index in [4.69, 9.17) is 5.11 Å². The molecule has 1 aliphatic heterocycles. The second-order valence-corrected chi connectivity index (χ2v) is 4.19. The van der Waals surface area contributed by atoms with Crippen LogP contribution in [0, 0.1) is 5.92 Å². The Morgan fingerprint density at radius 3 is 2.60 bits per heavy atom. The first-order valence-corrected chi connectivity index (χ1v) is 5.46. The van der Waals surface area contributed by atoms with Crippen LogP contribution in [-0.2, 0) is 6.61 Å². The minimum atomic E-state index is -0.0374. The number of rotatable bonds is 2. The molecule has 1 N–H and O–H groups in total. The summed E-state index contributed by atoms with van der Waals surface area (Å²) in [7, 11) is 0. The maximum absolute atomic E-state index is 8.86. The molecule has 1 fully saturated rings. The largest absolute Gasteiger partial charge is 0.390 e. The molecule has 4 nitrogen and oxygen atoms in total. The van der Waals surface area contributed by atoms with E-state index in [0.29, 0.717) is 5.69 Å². The zero-order valence-corrected chi connectivity index (χ0v) is 9.06. The molecule has 0 aliphatic carbocycles. The van der Waals surface area contributed by atoms with Crippen LogP contribution < -0.4 is 4.90 Å². The van der Waals surface area contributed by atoms with Crippen molar-refractivity contribution in [2.45, 2.75) is 26.4 Å². The predicted octanol–water partition coefficient (Wildman–Crippen LogP) is 1.21. The number of hydrogen-bond donors (Lipinski definition) is 1. The van der Waals surface area contributed by atoms with Crippen LogP contribution >= 0.6 is 0 Å². The van der Waals surface area contributed by atoms with Gasteiger partial charge >= 0.3 is 0 Å². The van der Waals surface area contributed by atoms with Gasteiger partial charge in [0.1, 0.15) is 5.82 Å². The van der Waals surface area contributed by atoms with Crippen molar-refractivity contribution in [3.05, 3.63) is 18.1 Å². The van der Waals surface area contributed by atoms with Crippen molar-refractivity contribution in [2.75, 3.05) is 18.0 Å². The normalized spacial score (nSPS) is 18.1. The van der Waals surface area contributed by atoms with E-state index in [0.717, 1.165) is 24.8 Å². The van der Waals surface area contributed by atoms with Crippen LogP contribution in [0.4, 0.5) is 5.82 Å². The molecule has 0 spiro atoms. The van der Waals surface area contributed by atoms with Gasteiger partial charge in [-0.3, -0.25) is 4.98 Å². The van der Waals surface area contributed by atoms with Gasteiger partial charge < -0.3 is 10.0 Å². The molecule has 0 bridgehead atoms. The number of aromatic nitrogens is 2. The number of hydrogen-bond acceptors (Lipinski definition) is 4. The Balaban J connectivity index is 2.03. The van der Waals surface area contributed by atoms with Gasteiger partial charge in [-0.15, -0.1) is 0 Å². The zero-order valence-electron chi connectivity index (χ0n) is 9.06. The van der Waals surface area contributed by atoms with E-state index in [9.17, 15) is 0 Å². The molecule has 0 aromatic carbocycles. The van der Waals surface area contributed by atoms with E-state index < -0.39 is 0 Å². The lowest BCUT2D eigenvalue weighted by atomic mass is 9.99. The first kappa shape index (κ1) is 10.4. The maximum Gasteiger partial charge on any atom is 0.147 e. The fourth-order valence-corrected chi connectivity index (χ4v) is 1.83. The summed E-state index contributed by atoms with van der Waals surface area (Å²) in [5.41, 5.74) is 0.629. The molecule has 0 radical (unpaired) electrons. The van der Waals surface area contributed by atoms with Gasteiger partial charge in [0, 0.05) is 13.1 Å². The Kier molecular flexibility index (Phi) is 3.16. The first-order valence-electron chi connectivity index (χ1n) is 5.46. The fraction of sp³-hybridized carbons (Fsp3) is 0.636. The molecule has 2 heterocycles. The highest BCUT2D eigenvalue weighted by Crippen LogP contribution is 2.20. The molecule has 15 heavy (non-hydrogen) atoms. The van der Waals surface area contributed by atoms with Crippen LogP contribution in [0.2, 0.25) is 0 Å². The van der Waals surface area contributed by atoms with Gasteiger partial charge in [-0.2, -0.15) is 0 Å². The third kappa shape index (κ3) is 2.45. The monoisotopic (exact) mass is 207 g/mol. The average molecular weight is 207 g/mol. The van der Waals surface area contributed by atoms with Crippen LogP contribution in [0.1, 0.15) is 25.5 Å². The topological polar surface area (TPSA) is 49.2 Å². The van der Waals surface area contributed by atoms with Gasteiger partial charge in [0.05, 0.1) is 24.7 Å². The molecule has 2 rings (SSSR count). The fourth-order valence-electron chi connectivity index (χ4n) is 1.83. The summed E-state index contributed by atoms with van der Waals surface area (Å²) in [6, 6.07) is 0. The predicted molar refractivity (Wildman–Crippen MR) is 58.6 cm³/mol. The average Bonchev–Trinajstić information content (AvgIpc) is 2.30. The van der Waals surface area contributed by atoms with Crippen molar-refractivity contribution in [3.63, 3.8) is 0 Å². The molecule has 1 aromatic heterocycles. The minimum Gasteiger partial charge on any atom is -0.390 e. The molecule has 82 valence electrons.